The van der Waals surface area contributed by atoms with Crippen LogP contribution >= 0.6 is 0 Å². The highest BCUT2D eigenvalue weighted by Crippen LogP contribution is 2.63. The van der Waals surface area contributed by atoms with Gasteiger partial charge in [-0.05, 0) is 74.0 Å². The van der Waals surface area contributed by atoms with Crippen molar-refractivity contribution in [2.24, 2.45) is 33.5 Å². The van der Waals surface area contributed by atoms with Crippen molar-refractivity contribution in [1.29, 1.82) is 0 Å². The van der Waals surface area contributed by atoms with E-state index < -0.39 is 10.8 Å². The van der Waals surface area contributed by atoms with Crippen molar-refractivity contribution in [2.45, 2.75) is 92.9 Å². The van der Waals surface area contributed by atoms with Gasteiger partial charge in [0.1, 0.15) is 0 Å². The SMILES string of the molecule is CC(C)(C)C1CCC2(CC1)C(=O)C1(CCC(C(C)(C)C)CC1)C2=O. The van der Waals surface area contributed by atoms with E-state index >= 15 is 0 Å². The smallest absolute Gasteiger partial charge is 0.159 e. The number of carbonyl (C=O) groups is 2. The van der Waals surface area contributed by atoms with E-state index in [0.717, 1.165) is 51.4 Å². The molecule has 2 spiro atoms. The van der Waals surface area contributed by atoms with Crippen LogP contribution in [0.3, 0.4) is 0 Å². The predicted octanol–water partition coefficient (Wildman–Crippen LogP) is 5.58. The molecule has 0 aromatic heterocycles. The molecule has 0 radical (unpaired) electrons. The molecule has 24 heavy (non-hydrogen) atoms. The van der Waals surface area contributed by atoms with Gasteiger partial charge in [0.2, 0.25) is 0 Å². The Morgan fingerprint density at radius 1 is 0.625 bits per heavy atom. The molecule has 136 valence electrons. The summed E-state index contributed by atoms with van der Waals surface area (Å²) in [7, 11) is 0. The molecule has 0 N–H and O–H groups in total. The van der Waals surface area contributed by atoms with Crippen molar-refractivity contribution < 1.29 is 9.59 Å². The molecule has 2 nitrogen and oxygen atoms in total. The number of ketones is 2. The third kappa shape index (κ3) is 2.51. The lowest BCUT2D eigenvalue weighted by atomic mass is 9.41. The zero-order chi connectivity index (χ0) is 18.0. The summed E-state index contributed by atoms with van der Waals surface area (Å²) < 4.78 is 0. The first-order valence-electron chi connectivity index (χ1n) is 10.0. The lowest BCUT2D eigenvalue weighted by Gasteiger charge is -2.58. The van der Waals surface area contributed by atoms with Crippen LogP contribution in [0.4, 0.5) is 0 Å². The maximum Gasteiger partial charge on any atom is 0.159 e. The van der Waals surface area contributed by atoms with Gasteiger partial charge in [-0.2, -0.15) is 0 Å². The summed E-state index contributed by atoms with van der Waals surface area (Å²) in [4.78, 5) is 26.4. The fourth-order valence-corrected chi connectivity index (χ4v) is 5.92. The highest BCUT2D eigenvalue weighted by atomic mass is 16.2. The molecule has 0 bridgehead atoms. The maximum atomic E-state index is 13.2. The number of rotatable bonds is 0. The van der Waals surface area contributed by atoms with Crippen LogP contribution in [0.2, 0.25) is 0 Å². The van der Waals surface area contributed by atoms with Crippen molar-refractivity contribution in [3.63, 3.8) is 0 Å². The normalized spacial score (nSPS) is 40.9. The van der Waals surface area contributed by atoms with E-state index in [2.05, 4.69) is 41.5 Å². The highest BCUT2D eigenvalue weighted by Gasteiger charge is 2.71. The lowest BCUT2D eigenvalue weighted by Crippen LogP contribution is -2.68. The zero-order valence-corrected chi connectivity index (χ0v) is 16.6. The average molecular weight is 333 g/mol. The Bertz CT molecular complexity index is 461. The Labute approximate surface area is 148 Å². The second-order valence-electron chi connectivity index (χ2n) is 11.1. The van der Waals surface area contributed by atoms with Gasteiger partial charge in [0, 0.05) is 0 Å². The second kappa shape index (κ2) is 5.42. The molecule has 0 atom stereocenters. The van der Waals surface area contributed by atoms with Crippen molar-refractivity contribution in [3.05, 3.63) is 0 Å². The third-order valence-corrected chi connectivity index (χ3v) is 7.87. The molecule has 0 aromatic rings. The van der Waals surface area contributed by atoms with Crippen molar-refractivity contribution in [2.75, 3.05) is 0 Å². The van der Waals surface area contributed by atoms with Crippen molar-refractivity contribution >= 4 is 11.6 Å². The molecule has 3 fully saturated rings. The highest BCUT2D eigenvalue weighted by molar-refractivity contribution is 6.30. The zero-order valence-electron chi connectivity index (χ0n) is 16.6. The average Bonchev–Trinajstić information content (AvgIpc) is 2.52. The summed E-state index contributed by atoms with van der Waals surface area (Å²) >= 11 is 0. The van der Waals surface area contributed by atoms with E-state index in [1.165, 1.54) is 0 Å². The van der Waals surface area contributed by atoms with E-state index in [1.807, 2.05) is 0 Å². The molecule has 0 aliphatic heterocycles. The minimum absolute atomic E-state index is 0.292. The molecule has 3 rings (SSSR count). The van der Waals surface area contributed by atoms with Gasteiger partial charge in [-0.25, -0.2) is 0 Å². The first-order chi connectivity index (χ1) is 10.9. The Balaban J connectivity index is 1.68. The summed E-state index contributed by atoms with van der Waals surface area (Å²) in [6, 6.07) is 0. The molecular weight excluding hydrogens is 296 g/mol. The number of Topliss-reactive ketones (excluding diaryl/α,β-unsaturated/α-hetero) is 2. The largest absolute Gasteiger partial charge is 0.297 e. The van der Waals surface area contributed by atoms with Crippen LogP contribution in [0.15, 0.2) is 0 Å². The summed E-state index contributed by atoms with van der Waals surface area (Å²) in [5, 5.41) is 0. The molecule has 3 aliphatic rings. The molecule has 0 saturated heterocycles. The Morgan fingerprint density at radius 2 is 0.875 bits per heavy atom. The Kier molecular flexibility index (Phi) is 4.09. The van der Waals surface area contributed by atoms with Crippen LogP contribution in [0.5, 0.6) is 0 Å². The van der Waals surface area contributed by atoms with E-state index in [-0.39, 0.29) is 0 Å². The van der Waals surface area contributed by atoms with Crippen LogP contribution in [-0.2, 0) is 9.59 Å². The van der Waals surface area contributed by atoms with Crippen molar-refractivity contribution in [3.8, 4) is 0 Å². The van der Waals surface area contributed by atoms with Crippen LogP contribution < -0.4 is 0 Å². The summed E-state index contributed by atoms with van der Waals surface area (Å²) in [5.41, 5.74) is -0.563. The molecule has 0 aromatic carbocycles. The van der Waals surface area contributed by atoms with Crippen LogP contribution in [0.25, 0.3) is 0 Å². The molecule has 0 amide bonds. The standard InChI is InChI=1S/C22H36O2/c1-19(2,3)15-7-11-21(12-8-15)17(23)22(18(21)24)13-9-16(10-14-22)20(4,5)6/h15-16H,7-14H2,1-6H3. The lowest BCUT2D eigenvalue weighted by molar-refractivity contribution is -0.180. The van der Waals surface area contributed by atoms with Gasteiger partial charge in [0.05, 0.1) is 10.8 Å². The van der Waals surface area contributed by atoms with E-state index in [9.17, 15) is 9.59 Å². The maximum absolute atomic E-state index is 13.2. The minimum atomic E-state index is -0.573. The van der Waals surface area contributed by atoms with Crippen LogP contribution in [-0.4, -0.2) is 11.6 Å². The first kappa shape index (κ1) is 18.1. The predicted molar refractivity (Wildman–Crippen MR) is 97.7 cm³/mol. The third-order valence-electron chi connectivity index (χ3n) is 7.87. The van der Waals surface area contributed by atoms with Crippen LogP contribution in [0, 0.1) is 33.5 Å². The molecule has 3 saturated carbocycles. The fourth-order valence-electron chi connectivity index (χ4n) is 5.92. The Hall–Kier alpha value is -0.660. The van der Waals surface area contributed by atoms with Crippen molar-refractivity contribution in [1.82, 2.24) is 0 Å². The monoisotopic (exact) mass is 332 g/mol. The molecular formula is C22H36O2. The van der Waals surface area contributed by atoms with Gasteiger partial charge in [0.15, 0.2) is 11.6 Å². The summed E-state index contributed by atoms with van der Waals surface area (Å²) in [6.07, 6.45) is 7.44. The van der Waals surface area contributed by atoms with Gasteiger partial charge in [-0.3, -0.25) is 9.59 Å². The van der Waals surface area contributed by atoms with Crippen LogP contribution in [0.1, 0.15) is 92.9 Å². The first-order valence-corrected chi connectivity index (χ1v) is 10.0. The molecule has 0 unspecified atom stereocenters. The van der Waals surface area contributed by atoms with E-state index in [4.69, 9.17) is 0 Å². The molecule has 0 heterocycles. The van der Waals surface area contributed by atoms with Gasteiger partial charge in [-0.15, -0.1) is 0 Å². The molecule has 2 heteroatoms. The van der Waals surface area contributed by atoms with Gasteiger partial charge < -0.3 is 0 Å². The minimum Gasteiger partial charge on any atom is -0.297 e. The fraction of sp³-hybridized carbons (Fsp3) is 0.909. The van der Waals surface area contributed by atoms with Gasteiger partial charge in [-0.1, -0.05) is 41.5 Å². The quantitative estimate of drug-likeness (QED) is 0.542. The number of hydrogen-bond acceptors (Lipinski definition) is 2. The van der Waals surface area contributed by atoms with Gasteiger partial charge >= 0.3 is 0 Å². The summed E-state index contributed by atoms with van der Waals surface area (Å²) in [6.45, 7) is 13.7. The van der Waals surface area contributed by atoms with E-state index in [0.29, 0.717) is 34.2 Å². The number of carbonyl (C=O) groups excluding carboxylic acids is 2. The Morgan fingerprint density at radius 3 is 1.08 bits per heavy atom. The topological polar surface area (TPSA) is 34.1 Å². The van der Waals surface area contributed by atoms with E-state index in [1.54, 1.807) is 0 Å². The summed E-state index contributed by atoms with van der Waals surface area (Å²) in [5.74, 6) is 1.97. The number of hydrogen-bond donors (Lipinski definition) is 0. The molecule has 3 aliphatic carbocycles. The van der Waals surface area contributed by atoms with Gasteiger partial charge in [0.25, 0.3) is 0 Å². The second-order valence-corrected chi connectivity index (χ2v) is 11.1.